The van der Waals surface area contributed by atoms with Crippen molar-refractivity contribution < 1.29 is 46.6 Å². The van der Waals surface area contributed by atoms with Gasteiger partial charge in [0.25, 0.3) is 0 Å². The van der Waals surface area contributed by atoms with E-state index in [2.05, 4.69) is 15.0 Å². The maximum Gasteiger partial charge on any atom is 0.499 e. The molecular formula is C15H18FeN6O6. The summed E-state index contributed by atoms with van der Waals surface area (Å²) in [5, 5.41) is 57.6. The van der Waals surface area contributed by atoms with Gasteiger partial charge in [-0.1, -0.05) is 0 Å². The van der Waals surface area contributed by atoms with E-state index in [0.29, 0.717) is 31.3 Å². The van der Waals surface area contributed by atoms with E-state index in [9.17, 15) is 15.6 Å². The van der Waals surface area contributed by atoms with E-state index in [-0.39, 0.29) is 17.1 Å². The van der Waals surface area contributed by atoms with E-state index in [1.165, 1.54) is 36.8 Å². The van der Waals surface area contributed by atoms with Crippen molar-refractivity contribution >= 4 is 0 Å². The fourth-order valence-corrected chi connectivity index (χ4v) is 1.47. The summed E-state index contributed by atoms with van der Waals surface area (Å²) in [4.78, 5) is 10.0. The molecule has 152 valence electrons. The van der Waals surface area contributed by atoms with Crippen molar-refractivity contribution in [2.45, 2.75) is 20.8 Å². The summed E-state index contributed by atoms with van der Waals surface area (Å²) in [7, 11) is 0. The number of rotatable bonds is 0. The summed E-state index contributed by atoms with van der Waals surface area (Å²) < 4.78 is 1.08. The quantitative estimate of drug-likeness (QED) is 0.232. The van der Waals surface area contributed by atoms with Crippen LogP contribution in [0.15, 0.2) is 36.8 Å². The van der Waals surface area contributed by atoms with Crippen LogP contribution in [0.25, 0.3) is 0 Å². The Morgan fingerprint density at radius 2 is 0.821 bits per heavy atom. The topological polar surface area (TPSA) is 180 Å². The molecule has 0 amide bonds. The minimum Gasteiger partial charge on any atom is -0.708 e. The number of nitrogens with zero attached hydrogens (tertiary/aromatic N) is 6. The number of aromatic hydroxyl groups is 3. The molecule has 3 heterocycles. The number of aromatic nitrogens is 6. The monoisotopic (exact) mass is 434 g/mol. The Kier molecular flexibility index (Phi) is 9.92. The van der Waals surface area contributed by atoms with Crippen molar-refractivity contribution in [1.29, 1.82) is 0 Å². The van der Waals surface area contributed by atoms with Gasteiger partial charge in [0, 0.05) is 35.3 Å². The first-order valence-electron chi connectivity index (χ1n) is 7.37. The van der Waals surface area contributed by atoms with E-state index in [1.807, 2.05) is 0 Å². The van der Waals surface area contributed by atoms with Gasteiger partial charge in [-0.25, -0.2) is 0 Å². The molecule has 3 aromatic rings. The van der Waals surface area contributed by atoms with Gasteiger partial charge in [0.05, 0.1) is 0 Å². The molecule has 3 rings (SSSR count). The summed E-state index contributed by atoms with van der Waals surface area (Å²) >= 11 is 0. The van der Waals surface area contributed by atoms with Crippen LogP contribution in [0, 0.1) is 36.4 Å². The van der Waals surface area contributed by atoms with Crippen LogP contribution in [0.2, 0.25) is 0 Å². The summed E-state index contributed by atoms with van der Waals surface area (Å²) in [5.41, 5.74) is 1.30. The van der Waals surface area contributed by atoms with E-state index in [4.69, 9.17) is 15.3 Å². The van der Waals surface area contributed by atoms with Crippen LogP contribution >= 0.6 is 0 Å². The van der Waals surface area contributed by atoms with Gasteiger partial charge in [0.2, 0.25) is 0 Å². The van der Waals surface area contributed by atoms with Crippen molar-refractivity contribution in [3.8, 4) is 18.0 Å². The van der Waals surface area contributed by atoms with Crippen LogP contribution in [0.4, 0.5) is 0 Å². The van der Waals surface area contributed by atoms with Gasteiger partial charge in [0.1, 0.15) is 35.7 Å². The van der Waals surface area contributed by atoms with Gasteiger partial charge in [-0.15, -0.1) is 0 Å². The molecule has 0 aromatic carbocycles. The van der Waals surface area contributed by atoms with Crippen LogP contribution in [0.1, 0.15) is 17.1 Å². The Bertz CT molecular complexity index is 736. The molecule has 3 N–H and O–H groups in total. The molecule has 13 heteroatoms. The molecule has 0 saturated heterocycles. The minimum atomic E-state index is -0.505. The molecule has 0 saturated carbocycles. The molecule has 0 aliphatic heterocycles. The van der Waals surface area contributed by atoms with Gasteiger partial charge >= 0.3 is 18.0 Å². The fourth-order valence-electron chi connectivity index (χ4n) is 1.47. The smallest absolute Gasteiger partial charge is 0.499 e. The van der Waals surface area contributed by atoms with Gasteiger partial charge in [-0.2, -0.15) is 14.2 Å². The fraction of sp³-hybridized carbons (Fsp3) is 0.200. The number of hydrogen-bond acceptors (Lipinski definition) is 9. The van der Waals surface area contributed by atoms with Crippen molar-refractivity contribution in [1.82, 2.24) is 15.0 Å². The molecule has 0 atom stereocenters. The molecule has 0 radical (unpaired) electrons. The number of hydrogen-bond donors (Lipinski definition) is 3. The first kappa shape index (κ1) is 24.6. The molecule has 0 aliphatic carbocycles. The van der Waals surface area contributed by atoms with Gasteiger partial charge < -0.3 is 30.9 Å². The summed E-state index contributed by atoms with van der Waals surface area (Å²) in [6.07, 6.45) is 4.12. The zero-order valence-corrected chi connectivity index (χ0v) is 16.2. The van der Waals surface area contributed by atoms with E-state index < -0.39 is 18.0 Å². The van der Waals surface area contributed by atoms with Crippen LogP contribution < -0.4 is 14.2 Å². The first-order chi connectivity index (χ1) is 12.6. The molecule has 0 fully saturated rings. The van der Waals surface area contributed by atoms with Crippen LogP contribution in [0.5, 0.6) is 18.0 Å². The Hall–Kier alpha value is -3.44. The second-order valence-corrected chi connectivity index (χ2v) is 5.04. The predicted molar refractivity (Wildman–Crippen MR) is 88.8 cm³/mol. The Morgan fingerprint density at radius 1 is 0.607 bits per heavy atom. The average Bonchev–Trinajstić information content (AvgIpc) is 2.63. The zero-order valence-electron chi connectivity index (χ0n) is 15.1. The average molecular weight is 434 g/mol. The second kappa shape index (κ2) is 11.3. The molecule has 12 nitrogen and oxygen atoms in total. The normalized spacial score (nSPS) is 9.11. The van der Waals surface area contributed by atoms with Crippen molar-refractivity contribution in [3.05, 3.63) is 69.5 Å². The van der Waals surface area contributed by atoms with E-state index in [0.717, 1.165) is 0 Å². The van der Waals surface area contributed by atoms with Crippen LogP contribution in [0.3, 0.4) is 0 Å². The van der Waals surface area contributed by atoms with Gasteiger partial charge in [0.15, 0.2) is 0 Å². The standard InChI is InChI=1S/3C5H6N2O2.Fe/c3*1-4-2-3-6-5(8)7(4)9;/h3*2-3H,1H3,(H,6,8);. The summed E-state index contributed by atoms with van der Waals surface area (Å²) in [5.74, 6) is 0. The van der Waals surface area contributed by atoms with Crippen LogP contribution in [-0.4, -0.2) is 30.3 Å². The third-order valence-electron chi connectivity index (χ3n) is 3.02. The van der Waals surface area contributed by atoms with Crippen molar-refractivity contribution in [3.63, 3.8) is 0 Å². The Morgan fingerprint density at radius 3 is 0.964 bits per heavy atom. The second-order valence-electron chi connectivity index (χ2n) is 5.04. The largest absolute Gasteiger partial charge is 0.708 e. The maximum absolute atomic E-state index is 10.6. The van der Waals surface area contributed by atoms with Gasteiger partial charge in [-0.05, 0) is 35.7 Å². The van der Waals surface area contributed by atoms with Crippen LogP contribution in [-0.2, 0) is 17.1 Å². The van der Waals surface area contributed by atoms with Gasteiger partial charge in [-0.3, -0.25) is 0 Å². The molecule has 28 heavy (non-hydrogen) atoms. The first-order valence-corrected chi connectivity index (χ1v) is 7.37. The molecule has 0 bridgehead atoms. The molecular weight excluding hydrogens is 416 g/mol. The predicted octanol–water partition coefficient (Wildman–Crippen LogP) is -0.815. The summed E-state index contributed by atoms with van der Waals surface area (Å²) in [6.45, 7) is 4.78. The van der Waals surface area contributed by atoms with E-state index >= 15 is 0 Å². The maximum atomic E-state index is 10.6. The Labute approximate surface area is 170 Å². The molecule has 0 unspecified atom stereocenters. The van der Waals surface area contributed by atoms with Crippen molar-refractivity contribution in [2.75, 3.05) is 0 Å². The number of aryl methyl sites for hydroxylation is 3. The zero-order chi connectivity index (χ0) is 20.6. The Balaban J connectivity index is 0.000000384. The SMILES string of the molecule is Cc1ccnc(O)[n+]1[O-].Cc1ccnc(O)[n+]1[O-].Cc1ccnc(O)[n+]1[O-].[Fe]. The third-order valence-corrected chi connectivity index (χ3v) is 3.02. The third kappa shape index (κ3) is 7.05. The molecule has 3 aromatic heterocycles. The molecule has 0 aliphatic rings. The van der Waals surface area contributed by atoms with E-state index in [1.54, 1.807) is 20.8 Å². The summed E-state index contributed by atoms with van der Waals surface area (Å²) in [6, 6.07) is 3.05. The van der Waals surface area contributed by atoms with Crippen molar-refractivity contribution in [2.24, 2.45) is 0 Å². The molecule has 0 spiro atoms. The minimum absolute atomic E-state index is 0.